The highest BCUT2D eigenvalue weighted by atomic mass is 32.1. The fraction of sp³-hybridized carbons (Fsp3) is 0.647. The lowest BCUT2D eigenvalue weighted by Crippen LogP contribution is -2.39. The van der Waals surface area contributed by atoms with Gasteiger partial charge < -0.3 is 15.2 Å². The van der Waals surface area contributed by atoms with Crippen LogP contribution in [0.1, 0.15) is 47.0 Å². The maximum atomic E-state index is 4.65. The number of guanidine groups is 1. The van der Waals surface area contributed by atoms with Crippen LogP contribution in [0, 0.1) is 20.8 Å². The van der Waals surface area contributed by atoms with Crippen molar-refractivity contribution in [2.24, 2.45) is 12.0 Å². The lowest BCUT2D eigenvalue weighted by molar-refractivity contribution is 0.713. The number of aliphatic imine (C=N–C) groups is 1. The molecule has 0 saturated heterocycles. The van der Waals surface area contributed by atoms with Gasteiger partial charge in [-0.15, -0.1) is 21.5 Å². The van der Waals surface area contributed by atoms with Crippen LogP contribution in [0.3, 0.4) is 0 Å². The summed E-state index contributed by atoms with van der Waals surface area (Å²) in [6.45, 7) is 10.5. The van der Waals surface area contributed by atoms with E-state index in [1.165, 1.54) is 9.88 Å². The molecule has 2 aromatic rings. The molecule has 7 nitrogen and oxygen atoms in total. The Balaban J connectivity index is 1.92. The van der Waals surface area contributed by atoms with Gasteiger partial charge in [0.05, 0.1) is 10.7 Å². The minimum absolute atomic E-state index is 0.508. The summed E-state index contributed by atoms with van der Waals surface area (Å²) in [6.07, 6.45) is 3.17. The van der Waals surface area contributed by atoms with Crippen molar-refractivity contribution in [3.63, 3.8) is 0 Å². The van der Waals surface area contributed by atoms with Gasteiger partial charge in [-0.2, -0.15) is 0 Å². The molecule has 0 aromatic carbocycles. The van der Waals surface area contributed by atoms with Gasteiger partial charge in [0.15, 0.2) is 11.8 Å². The number of unbranched alkanes of at least 4 members (excludes halogenated alkanes) is 1. The number of rotatable bonds is 8. The summed E-state index contributed by atoms with van der Waals surface area (Å²) in [4.78, 5) is 10.5. The number of aromatic nitrogens is 4. The normalized spacial score (nSPS) is 11.8. The van der Waals surface area contributed by atoms with Crippen molar-refractivity contribution < 1.29 is 0 Å². The van der Waals surface area contributed by atoms with Crippen LogP contribution in [-0.4, -0.2) is 38.8 Å². The largest absolute Gasteiger partial charge is 0.356 e. The van der Waals surface area contributed by atoms with Gasteiger partial charge in [-0.1, -0.05) is 13.3 Å². The van der Waals surface area contributed by atoms with Gasteiger partial charge >= 0.3 is 0 Å². The Kier molecular flexibility index (Phi) is 7.36. The maximum absolute atomic E-state index is 4.65. The molecule has 0 bridgehead atoms. The van der Waals surface area contributed by atoms with Crippen LogP contribution in [0.15, 0.2) is 4.99 Å². The summed E-state index contributed by atoms with van der Waals surface area (Å²) >= 11 is 1.77. The Morgan fingerprint density at radius 1 is 1.16 bits per heavy atom. The molecule has 25 heavy (non-hydrogen) atoms. The SMILES string of the molecule is CCCCNC(=NCc1nnc(C)n1C)NCCc1nc(C)c(C)s1. The van der Waals surface area contributed by atoms with E-state index in [-0.39, 0.29) is 0 Å². The molecular weight excluding hydrogens is 334 g/mol. The van der Waals surface area contributed by atoms with Crippen LogP contribution in [-0.2, 0) is 20.0 Å². The van der Waals surface area contributed by atoms with Crippen LogP contribution < -0.4 is 10.6 Å². The molecule has 0 aliphatic carbocycles. The van der Waals surface area contributed by atoms with Gasteiger partial charge in [0.25, 0.3) is 0 Å². The van der Waals surface area contributed by atoms with Crippen molar-refractivity contribution in [3.05, 3.63) is 27.2 Å². The monoisotopic (exact) mass is 363 g/mol. The van der Waals surface area contributed by atoms with E-state index in [0.717, 1.165) is 55.7 Å². The fourth-order valence-corrected chi connectivity index (χ4v) is 3.16. The first-order valence-electron chi connectivity index (χ1n) is 8.81. The third-order valence-electron chi connectivity index (χ3n) is 4.09. The van der Waals surface area contributed by atoms with E-state index in [0.29, 0.717) is 6.54 Å². The molecule has 0 atom stereocenters. The molecule has 138 valence electrons. The van der Waals surface area contributed by atoms with Crippen molar-refractivity contribution in [1.82, 2.24) is 30.4 Å². The van der Waals surface area contributed by atoms with Crippen LogP contribution >= 0.6 is 11.3 Å². The average Bonchev–Trinajstić information content (AvgIpc) is 3.07. The zero-order valence-corrected chi connectivity index (χ0v) is 16.7. The topological polar surface area (TPSA) is 80.0 Å². The third kappa shape index (κ3) is 5.81. The number of nitrogens with one attached hydrogen (secondary N) is 2. The van der Waals surface area contributed by atoms with Crippen molar-refractivity contribution in [2.45, 2.75) is 53.5 Å². The second kappa shape index (κ2) is 9.50. The van der Waals surface area contributed by atoms with Crippen molar-refractivity contribution in [2.75, 3.05) is 13.1 Å². The van der Waals surface area contributed by atoms with E-state index in [1.807, 2.05) is 18.5 Å². The van der Waals surface area contributed by atoms with Gasteiger partial charge in [0, 0.05) is 31.4 Å². The van der Waals surface area contributed by atoms with E-state index in [9.17, 15) is 0 Å². The second-order valence-electron chi connectivity index (χ2n) is 6.09. The van der Waals surface area contributed by atoms with Crippen LogP contribution in [0.25, 0.3) is 0 Å². The Morgan fingerprint density at radius 3 is 2.52 bits per heavy atom. The molecule has 0 spiro atoms. The Morgan fingerprint density at radius 2 is 1.92 bits per heavy atom. The standard InChI is InChI=1S/C17H29N7S/c1-6-7-9-18-17(20-11-15-23-22-14(4)24(15)5)19-10-8-16-21-12(2)13(3)25-16/h6-11H2,1-5H3,(H2,18,19,20). The maximum Gasteiger partial charge on any atom is 0.191 e. The van der Waals surface area contributed by atoms with Gasteiger partial charge in [0.1, 0.15) is 12.4 Å². The van der Waals surface area contributed by atoms with Gasteiger partial charge in [-0.3, -0.25) is 0 Å². The van der Waals surface area contributed by atoms with Gasteiger partial charge in [0.2, 0.25) is 0 Å². The number of hydrogen-bond acceptors (Lipinski definition) is 5. The molecule has 2 rings (SSSR count). The molecule has 0 unspecified atom stereocenters. The molecule has 0 saturated carbocycles. The highest BCUT2D eigenvalue weighted by Gasteiger charge is 2.06. The first-order valence-corrected chi connectivity index (χ1v) is 9.62. The van der Waals surface area contributed by atoms with E-state index in [2.05, 4.69) is 51.6 Å². The lowest BCUT2D eigenvalue weighted by atomic mass is 10.3. The van der Waals surface area contributed by atoms with E-state index in [1.54, 1.807) is 11.3 Å². The first kappa shape index (κ1) is 19.4. The molecular formula is C17H29N7S. The van der Waals surface area contributed by atoms with Crippen LogP contribution in [0.2, 0.25) is 0 Å². The highest BCUT2D eigenvalue weighted by Crippen LogP contribution is 2.16. The Labute approximate surface area is 154 Å². The Hall–Kier alpha value is -1.96. The summed E-state index contributed by atoms with van der Waals surface area (Å²) in [5.74, 6) is 2.58. The van der Waals surface area contributed by atoms with E-state index in [4.69, 9.17) is 0 Å². The molecule has 0 aliphatic rings. The predicted molar refractivity (Wildman–Crippen MR) is 103 cm³/mol. The summed E-state index contributed by atoms with van der Waals surface area (Å²) in [6, 6.07) is 0. The molecule has 0 aliphatic heterocycles. The summed E-state index contributed by atoms with van der Waals surface area (Å²) in [5.41, 5.74) is 1.13. The number of hydrogen-bond donors (Lipinski definition) is 2. The molecule has 0 radical (unpaired) electrons. The Bertz CT molecular complexity index is 682. The minimum Gasteiger partial charge on any atom is -0.356 e. The second-order valence-corrected chi connectivity index (χ2v) is 7.38. The van der Waals surface area contributed by atoms with Crippen molar-refractivity contribution in [3.8, 4) is 0 Å². The van der Waals surface area contributed by atoms with Crippen molar-refractivity contribution in [1.29, 1.82) is 0 Å². The molecule has 2 N–H and O–H groups in total. The van der Waals surface area contributed by atoms with E-state index < -0.39 is 0 Å². The molecule has 0 fully saturated rings. The number of thiazole rings is 1. The van der Waals surface area contributed by atoms with Gasteiger partial charge in [-0.25, -0.2) is 9.98 Å². The predicted octanol–water partition coefficient (Wildman–Crippen LogP) is 2.27. The van der Waals surface area contributed by atoms with E-state index >= 15 is 0 Å². The highest BCUT2D eigenvalue weighted by molar-refractivity contribution is 7.11. The quantitative estimate of drug-likeness (QED) is 0.427. The molecule has 0 amide bonds. The zero-order valence-electron chi connectivity index (χ0n) is 15.9. The number of aryl methyl sites for hydroxylation is 3. The minimum atomic E-state index is 0.508. The zero-order chi connectivity index (χ0) is 18.2. The first-order chi connectivity index (χ1) is 12.0. The van der Waals surface area contributed by atoms with Gasteiger partial charge in [-0.05, 0) is 27.2 Å². The molecule has 8 heteroatoms. The van der Waals surface area contributed by atoms with Crippen LogP contribution in [0.5, 0.6) is 0 Å². The van der Waals surface area contributed by atoms with Crippen LogP contribution in [0.4, 0.5) is 0 Å². The number of nitrogens with zero attached hydrogens (tertiary/aromatic N) is 5. The molecule has 2 heterocycles. The smallest absolute Gasteiger partial charge is 0.191 e. The average molecular weight is 364 g/mol. The lowest BCUT2D eigenvalue weighted by Gasteiger charge is -2.12. The van der Waals surface area contributed by atoms with Crippen molar-refractivity contribution >= 4 is 17.3 Å². The summed E-state index contributed by atoms with van der Waals surface area (Å²) in [7, 11) is 1.96. The summed E-state index contributed by atoms with van der Waals surface area (Å²) in [5, 5.41) is 16.2. The molecule has 2 aromatic heterocycles. The third-order valence-corrected chi connectivity index (χ3v) is 5.22. The fourth-order valence-electron chi connectivity index (χ4n) is 2.23. The summed E-state index contributed by atoms with van der Waals surface area (Å²) < 4.78 is 1.97.